The molecule has 0 amide bonds. The van der Waals surface area contributed by atoms with Crippen molar-refractivity contribution in [1.29, 1.82) is 0 Å². The van der Waals surface area contributed by atoms with Crippen LogP contribution < -0.4 is 0 Å². The zero-order chi connectivity index (χ0) is 13.3. The Morgan fingerprint density at radius 3 is 2.35 bits per heavy atom. The molecule has 1 rings (SSSR count). The molecule has 1 atom stereocenters. The van der Waals surface area contributed by atoms with Gasteiger partial charge in [-0.05, 0) is 18.1 Å². The number of hydrogen-bond donors (Lipinski definition) is 1. The standard InChI is InChI=1S/C11H14Cl2O3S/c1-3-17(15,16)11(12,13)10(14)9-7-5-4-6-8(9)2/h4-7,10,14H,3H2,1-2H3/t10-/m0/s1. The van der Waals surface area contributed by atoms with Gasteiger partial charge in [0.1, 0.15) is 6.10 Å². The lowest BCUT2D eigenvalue weighted by molar-refractivity contribution is 0.180. The molecule has 1 aromatic rings. The zero-order valence-electron chi connectivity index (χ0n) is 9.52. The SMILES string of the molecule is CCS(=O)(=O)C(Cl)(Cl)[C@@H](O)c1ccccc1C. The van der Waals surface area contributed by atoms with Gasteiger partial charge in [-0.2, -0.15) is 0 Å². The lowest BCUT2D eigenvalue weighted by atomic mass is 10.0. The van der Waals surface area contributed by atoms with E-state index in [2.05, 4.69) is 0 Å². The molecule has 0 aliphatic heterocycles. The summed E-state index contributed by atoms with van der Waals surface area (Å²) in [5.74, 6) is -0.233. The average Bonchev–Trinajstić information content (AvgIpc) is 2.28. The number of sulfone groups is 1. The smallest absolute Gasteiger partial charge is 0.247 e. The third-order valence-corrected chi connectivity index (χ3v) is 6.23. The predicted molar refractivity (Wildman–Crippen MR) is 70.0 cm³/mol. The van der Waals surface area contributed by atoms with Gasteiger partial charge in [-0.25, -0.2) is 8.42 Å². The molecule has 1 aromatic carbocycles. The summed E-state index contributed by atoms with van der Waals surface area (Å²) in [5.41, 5.74) is 1.14. The van der Waals surface area contributed by atoms with Gasteiger partial charge in [-0.3, -0.25) is 0 Å². The molecule has 0 saturated carbocycles. The Hall–Kier alpha value is -0.290. The lowest BCUT2D eigenvalue weighted by Crippen LogP contribution is -2.35. The second-order valence-corrected chi connectivity index (χ2v) is 8.01. The summed E-state index contributed by atoms with van der Waals surface area (Å²) in [4.78, 5) is 0. The molecule has 0 bridgehead atoms. The molecule has 1 N–H and O–H groups in total. The molecule has 0 heterocycles. The molecular formula is C11H14Cl2O3S. The Labute approximate surface area is 111 Å². The van der Waals surface area contributed by atoms with Crippen molar-refractivity contribution in [2.45, 2.75) is 23.6 Å². The van der Waals surface area contributed by atoms with Crippen molar-refractivity contribution in [1.82, 2.24) is 0 Å². The quantitative estimate of drug-likeness (QED) is 0.869. The van der Waals surface area contributed by atoms with Gasteiger partial charge in [-0.1, -0.05) is 54.4 Å². The number of benzene rings is 1. The van der Waals surface area contributed by atoms with Crippen molar-refractivity contribution in [2.75, 3.05) is 5.75 Å². The molecule has 6 heteroatoms. The van der Waals surface area contributed by atoms with Crippen LogP contribution in [-0.2, 0) is 9.84 Å². The van der Waals surface area contributed by atoms with E-state index in [4.69, 9.17) is 23.2 Å². The van der Waals surface area contributed by atoms with Crippen LogP contribution in [-0.4, -0.2) is 22.9 Å². The van der Waals surface area contributed by atoms with E-state index < -0.39 is 19.6 Å². The molecule has 0 fully saturated rings. The minimum absolute atomic E-state index is 0.233. The fourth-order valence-corrected chi connectivity index (χ4v) is 3.18. The third kappa shape index (κ3) is 2.76. The third-order valence-electron chi connectivity index (χ3n) is 2.60. The van der Waals surface area contributed by atoms with Gasteiger partial charge in [0, 0.05) is 0 Å². The molecule has 0 aliphatic rings. The number of aliphatic hydroxyl groups excluding tert-OH is 1. The molecule has 0 radical (unpaired) electrons. The van der Waals surface area contributed by atoms with Crippen LogP contribution >= 0.6 is 23.2 Å². The summed E-state index contributed by atoms with van der Waals surface area (Å²) in [6.07, 6.45) is -1.48. The van der Waals surface area contributed by atoms with E-state index >= 15 is 0 Å². The second-order valence-electron chi connectivity index (χ2n) is 3.72. The highest BCUT2D eigenvalue weighted by Gasteiger charge is 2.46. The first-order valence-corrected chi connectivity index (χ1v) is 7.48. The molecule has 96 valence electrons. The van der Waals surface area contributed by atoms with Gasteiger partial charge in [0.2, 0.25) is 3.67 Å². The van der Waals surface area contributed by atoms with Crippen LogP contribution in [0.4, 0.5) is 0 Å². The number of aryl methyl sites for hydroxylation is 1. The van der Waals surface area contributed by atoms with Gasteiger partial charge in [0.15, 0.2) is 9.84 Å². The molecular weight excluding hydrogens is 283 g/mol. The molecule has 3 nitrogen and oxygen atoms in total. The number of halogens is 2. The summed E-state index contributed by atoms with van der Waals surface area (Å²) >= 11 is 11.6. The number of alkyl halides is 2. The maximum atomic E-state index is 11.7. The highest BCUT2D eigenvalue weighted by molar-refractivity contribution is 7.95. The van der Waals surface area contributed by atoms with Gasteiger partial charge in [0.25, 0.3) is 0 Å². The predicted octanol–water partition coefficient (Wildman–Crippen LogP) is 2.59. The molecule has 0 aliphatic carbocycles. The Kier molecular flexibility index (Phi) is 4.47. The second kappa shape index (κ2) is 5.14. The van der Waals surface area contributed by atoms with E-state index in [1.54, 1.807) is 31.2 Å². The van der Waals surface area contributed by atoms with Crippen molar-refractivity contribution in [3.63, 3.8) is 0 Å². The summed E-state index contributed by atoms with van der Waals surface area (Å²) in [5, 5.41) is 10.1. The summed E-state index contributed by atoms with van der Waals surface area (Å²) < 4.78 is 21.2. The van der Waals surface area contributed by atoms with E-state index in [1.807, 2.05) is 0 Å². The van der Waals surface area contributed by atoms with Crippen LogP contribution in [0.1, 0.15) is 24.2 Å². The largest absolute Gasteiger partial charge is 0.384 e. The van der Waals surface area contributed by atoms with Crippen LogP contribution in [0.3, 0.4) is 0 Å². The van der Waals surface area contributed by atoms with Gasteiger partial charge in [-0.15, -0.1) is 0 Å². The van der Waals surface area contributed by atoms with Crippen LogP contribution in [0, 0.1) is 6.92 Å². The zero-order valence-corrected chi connectivity index (χ0v) is 11.9. The topological polar surface area (TPSA) is 54.4 Å². The van der Waals surface area contributed by atoms with Crippen molar-refractivity contribution in [3.05, 3.63) is 35.4 Å². The highest BCUT2D eigenvalue weighted by atomic mass is 35.5. The van der Waals surface area contributed by atoms with Crippen LogP contribution in [0.15, 0.2) is 24.3 Å². The van der Waals surface area contributed by atoms with Gasteiger partial charge < -0.3 is 5.11 Å². The fraction of sp³-hybridized carbons (Fsp3) is 0.455. The van der Waals surface area contributed by atoms with E-state index in [9.17, 15) is 13.5 Å². The Morgan fingerprint density at radius 1 is 1.35 bits per heavy atom. The monoisotopic (exact) mass is 296 g/mol. The Morgan fingerprint density at radius 2 is 1.88 bits per heavy atom. The molecule has 0 aromatic heterocycles. The van der Waals surface area contributed by atoms with Crippen molar-refractivity contribution < 1.29 is 13.5 Å². The Bertz CT molecular complexity index is 497. The van der Waals surface area contributed by atoms with Crippen molar-refractivity contribution in [2.24, 2.45) is 0 Å². The van der Waals surface area contributed by atoms with Crippen molar-refractivity contribution in [3.8, 4) is 0 Å². The first-order chi connectivity index (χ1) is 7.74. The molecule has 17 heavy (non-hydrogen) atoms. The maximum absolute atomic E-state index is 11.7. The van der Waals surface area contributed by atoms with E-state index in [1.165, 1.54) is 6.92 Å². The van der Waals surface area contributed by atoms with E-state index in [0.29, 0.717) is 5.56 Å². The lowest BCUT2D eigenvalue weighted by Gasteiger charge is -2.26. The van der Waals surface area contributed by atoms with E-state index in [0.717, 1.165) is 5.56 Å². The molecule has 0 unspecified atom stereocenters. The minimum Gasteiger partial charge on any atom is -0.384 e. The van der Waals surface area contributed by atoms with Gasteiger partial charge in [0.05, 0.1) is 5.75 Å². The number of hydrogen-bond acceptors (Lipinski definition) is 3. The molecule has 0 saturated heterocycles. The maximum Gasteiger partial charge on any atom is 0.247 e. The summed E-state index contributed by atoms with van der Waals surface area (Å²) in [6, 6.07) is 6.82. The van der Waals surface area contributed by atoms with Crippen LogP contribution in [0.25, 0.3) is 0 Å². The molecule has 0 spiro atoms. The van der Waals surface area contributed by atoms with Crippen molar-refractivity contribution >= 4 is 33.0 Å². The fourth-order valence-electron chi connectivity index (χ4n) is 1.44. The number of aliphatic hydroxyl groups is 1. The average molecular weight is 297 g/mol. The first kappa shape index (κ1) is 14.8. The van der Waals surface area contributed by atoms with Gasteiger partial charge >= 0.3 is 0 Å². The normalized spacial score (nSPS) is 14.6. The summed E-state index contributed by atoms with van der Waals surface area (Å²) in [7, 11) is -3.78. The minimum atomic E-state index is -3.78. The van der Waals surface area contributed by atoms with Crippen LogP contribution in [0.2, 0.25) is 0 Å². The van der Waals surface area contributed by atoms with Crippen LogP contribution in [0.5, 0.6) is 0 Å². The van der Waals surface area contributed by atoms with E-state index in [-0.39, 0.29) is 5.75 Å². The Balaban J connectivity index is 3.23. The highest BCUT2D eigenvalue weighted by Crippen LogP contribution is 2.41. The summed E-state index contributed by atoms with van der Waals surface area (Å²) in [6.45, 7) is 3.18. The number of rotatable bonds is 4. The first-order valence-electron chi connectivity index (χ1n) is 5.07.